The zero-order valence-corrected chi connectivity index (χ0v) is 10.6. The maximum Gasteiger partial charge on any atom is 0.172 e. The molecule has 4 saturated carbocycles. The Bertz CT molecular complexity index is 392. The second kappa shape index (κ2) is 2.46. The SMILES string of the molecule is C[C@]12CCC3C4CCCC(C1C31CC1)C4(O)O2. The quantitative estimate of drug-likeness (QED) is 0.698. The molecule has 0 aromatic rings. The van der Waals surface area contributed by atoms with E-state index in [0.29, 0.717) is 23.2 Å². The minimum atomic E-state index is -0.729. The van der Waals surface area contributed by atoms with Gasteiger partial charge < -0.3 is 9.84 Å². The van der Waals surface area contributed by atoms with Crippen LogP contribution >= 0.6 is 0 Å². The Morgan fingerprint density at radius 3 is 2.53 bits per heavy atom. The number of aliphatic hydroxyl groups is 1. The van der Waals surface area contributed by atoms with Crippen molar-refractivity contribution < 1.29 is 9.84 Å². The van der Waals surface area contributed by atoms with Gasteiger partial charge >= 0.3 is 0 Å². The molecule has 2 heteroatoms. The Kier molecular flexibility index (Phi) is 1.42. The van der Waals surface area contributed by atoms with Crippen molar-refractivity contribution in [2.45, 2.75) is 63.3 Å². The van der Waals surface area contributed by atoms with Crippen LogP contribution in [0.15, 0.2) is 0 Å². The molecule has 5 bridgehead atoms. The van der Waals surface area contributed by atoms with Crippen molar-refractivity contribution in [3.05, 3.63) is 0 Å². The van der Waals surface area contributed by atoms with Crippen LogP contribution in [0.4, 0.5) is 0 Å². The van der Waals surface area contributed by atoms with Gasteiger partial charge in [0.15, 0.2) is 5.79 Å². The number of rotatable bonds is 0. The summed E-state index contributed by atoms with van der Waals surface area (Å²) in [6.45, 7) is 2.30. The maximum absolute atomic E-state index is 11.1. The summed E-state index contributed by atoms with van der Waals surface area (Å²) in [7, 11) is 0. The summed E-state index contributed by atoms with van der Waals surface area (Å²) in [5, 5.41) is 11.1. The molecule has 0 aromatic heterocycles. The third-order valence-corrected chi connectivity index (χ3v) is 7.17. The first kappa shape index (κ1) is 9.80. The van der Waals surface area contributed by atoms with E-state index in [-0.39, 0.29) is 5.60 Å². The standard InChI is InChI=1S/C15H22O2/c1-13-6-5-9-10-3-2-4-11(15(10,16)17-13)12(13)14(9)7-8-14/h9-12,16H,2-8H2,1H3/t9?,10?,11?,12?,13-,15?/m0/s1. The van der Waals surface area contributed by atoms with Gasteiger partial charge in [0.1, 0.15) is 0 Å². The normalized spacial score (nSPS) is 65.3. The average Bonchev–Trinajstić information content (AvgIpc) is 2.98. The molecule has 5 aliphatic rings. The van der Waals surface area contributed by atoms with Gasteiger partial charge in [0.05, 0.1) is 5.60 Å². The van der Waals surface area contributed by atoms with Gasteiger partial charge in [-0.25, -0.2) is 0 Å². The Balaban J connectivity index is 1.77. The number of ether oxygens (including phenoxy) is 1. The maximum atomic E-state index is 11.1. The van der Waals surface area contributed by atoms with Crippen molar-refractivity contribution in [3.8, 4) is 0 Å². The van der Waals surface area contributed by atoms with Crippen molar-refractivity contribution >= 4 is 0 Å². The van der Waals surface area contributed by atoms with E-state index >= 15 is 0 Å². The molecule has 94 valence electrons. The first-order valence-corrected chi connectivity index (χ1v) is 7.53. The first-order chi connectivity index (χ1) is 8.10. The summed E-state index contributed by atoms with van der Waals surface area (Å²) in [5.41, 5.74) is 0.608. The summed E-state index contributed by atoms with van der Waals surface area (Å²) < 4.78 is 6.35. The van der Waals surface area contributed by atoms with Gasteiger partial charge in [0.2, 0.25) is 0 Å². The Morgan fingerprint density at radius 2 is 1.76 bits per heavy atom. The Morgan fingerprint density at radius 1 is 1.00 bits per heavy atom. The molecular weight excluding hydrogens is 212 g/mol. The van der Waals surface area contributed by atoms with Gasteiger partial charge in [-0.2, -0.15) is 0 Å². The van der Waals surface area contributed by atoms with E-state index in [1.165, 1.54) is 44.9 Å². The molecule has 1 saturated heterocycles. The van der Waals surface area contributed by atoms with Crippen molar-refractivity contribution in [1.82, 2.24) is 0 Å². The molecule has 1 aliphatic heterocycles. The lowest BCUT2D eigenvalue weighted by Crippen LogP contribution is -2.58. The zero-order chi connectivity index (χ0) is 11.5. The highest BCUT2D eigenvalue weighted by Crippen LogP contribution is 2.79. The third kappa shape index (κ3) is 0.831. The number of fused-ring (bicyclic) bond motifs is 1. The summed E-state index contributed by atoms with van der Waals surface area (Å²) in [5.74, 6) is 1.65. The molecule has 1 N–H and O–H groups in total. The molecule has 0 amide bonds. The van der Waals surface area contributed by atoms with Crippen molar-refractivity contribution in [2.24, 2.45) is 29.1 Å². The molecule has 5 fully saturated rings. The van der Waals surface area contributed by atoms with Gasteiger partial charge in [0, 0.05) is 17.8 Å². The van der Waals surface area contributed by atoms with Gasteiger partial charge in [-0.1, -0.05) is 6.42 Å². The lowest BCUT2D eigenvalue weighted by atomic mass is 9.47. The topological polar surface area (TPSA) is 29.5 Å². The predicted molar refractivity (Wildman–Crippen MR) is 63.2 cm³/mol. The van der Waals surface area contributed by atoms with E-state index in [0.717, 1.165) is 5.92 Å². The summed E-state index contributed by atoms with van der Waals surface area (Å²) in [6, 6.07) is 0. The highest BCUT2D eigenvalue weighted by Gasteiger charge is 2.80. The molecule has 1 spiro atoms. The molecular formula is C15H22O2. The van der Waals surface area contributed by atoms with Crippen molar-refractivity contribution in [3.63, 3.8) is 0 Å². The molecule has 17 heavy (non-hydrogen) atoms. The summed E-state index contributed by atoms with van der Waals surface area (Å²) in [6.07, 6.45) is 9.09. The van der Waals surface area contributed by atoms with Crippen LogP contribution in [0.25, 0.3) is 0 Å². The fourth-order valence-corrected chi connectivity index (χ4v) is 6.76. The molecule has 4 aliphatic carbocycles. The second-order valence-electron chi connectivity index (χ2n) is 7.67. The summed E-state index contributed by atoms with van der Waals surface area (Å²) in [4.78, 5) is 0. The van der Waals surface area contributed by atoms with Crippen LogP contribution in [-0.4, -0.2) is 16.5 Å². The lowest BCUT2D eigenvalue weighted by Gasteiger charge is -2.56. The molecule has 1 heterocycles. The molecule has 5 unspecified atom stereocenters. The van der Waals surface area contributed by atoms with E-state index in [1.807, 2.05) is 0 Å². The Hall–Kier alpha value is -0.0800. The minimum Gasteiger partial charge on any atom is -0.365 e. The highest BCUT2D eigenvalue weighted by atomic mass is 16.6. The molecule has 0 aromatic carbocycles. The molecule has 2 nitrogen and oxygen atoms in total. The van der Waals surface area contributed by atoms with Gasteiger partial charge in [-0.05, 0) is 56.8 Å². The van der Waals surface area contributed by atoms with E-state index in [1.54, 1.807) is 0 Å². The minimum absolute atomic E-state index is 0.00546. The molecule has 5 rings (SSSR count). The first-order valence-electron chi connectivity index (χ1n) is 7.53. The predicted octanol–water partition coefficient (Wildman–Crippen LogP) is 2.70. The number of hydrogen-bond donors (Lipinski definition) is 1. The van der Waals surface area contributed by atoms with Crippen molar-refractivity contribution in [1.29, 1.82) is 0 Å². The van der Waals surface area contributed by atoms with Crippen LogP contribution < -0.4 is 0 Å². The Labute approximate surface area is 103 Å². The van der Waals surface area contributed by atoms with E-state index in [4.69, 9.17) is 4.74 Å². The van der Waals surface area contributed by atoms with Gasteiger partial charge in [-0.3, -0.25) is 0 Å². The van der Waals surface area contributed by atoms with Crippen LogP contribution in [0.5, 0.6) is 0 Å². The van der Waals surface area contributed by atoms with Gasteiger partial charge in [-0.15, -0.1) is 0 Å². The van der Waals surface area contributed by atoms with Crippen LogP contribution in [0.2, 0.25) is 0 Å². The lowest BCUT2D eigenvalue weighted by molar-refractivity contribution is -0.278. The van der Waals surface area contributed by atoms with Crippen LogP contribution in [0.1, 0.15) is 51.9 Å². The second-order valence-corrected chi connectivity index (χ2v) is 7.67. The monoisotopic (exact) mass is 234 g/mol. The van der Waals surface area contributed by atoms with Gasteiger partial charge in [0.25, 0.3) is 0 Å². The van der Waals surface area contributed by atoms with E-state index < -0.39 is 5.79 Å². The van der Waals surface area contributed by atoms with Crippen LogP contribution in [0.3, 0.4) is 0 Å². The van der Waals surface area contributed by atoms with E-state index in [2.05, 4.69) is 6.92 Å². The smallest absolute Gasteiger partial charge is 0.172 e. The van der Waals surface area contributed by atoms with E-state index in [9.17, 15) is 5.11 Å². The van der Waals surface area contributed by atoms with Crippen molar-refractivity contribution in [2.75, 3.05) is 0 Å². The molecule has 6 atom stereocenters. The van der Waals surface area contributed by atoms with Crippen LogP contribution in [-0.2, 0) is 4.74 Å². The fraction of sp³-hybridized carbons (Fsp3) is 1.00. The van der Waals surface area contributed by atoms with Crippen LogP contribution in [0, 0.1) is 29.1 Å². The zero-order valence-electron chi connectivity index (χ0n) is 10.6. The fourth-order valence-electron chi connectivity index (χ4n) is 6.76. The largest absolute Gasteiger partial charge is 0.365 e. The highest BCUT2D eigenvalue weighted by molar-refractivity contribution is 5.25. The average molecular weight is 234 g/mol. The molecule has 0 radical (unpaired) electrons. The third-order valence-electron chi connectivity index (χ3n) is 7.17. The number of hydrogen-bond acceptors (Lipinski definition) is 2. The summed E-state index contributed by atoms with van der Waals surface area (Å²) >= 11 is 0.